The van der Waals surface area contributed by atoms with Crippen LogP contribution < -0.4 is 0 Å². The molecule has 1 aliphatic rings. The number of hydrogen-bond acceptors (Lipinski definition) is 4. The molecule has 2 heterocycles. The quantitative estimate of drug-likeness (QED) is 0.859. The van der Waals surface area contributed by atoms with Crippen LogP contribution in [-0.4, -0.2) is 28.2 Å². The van der Waals surface area contributed by atoms with Gasteiger partial charge in [0.2, 0.25) is 11.8 Å². The summed E-state index contributed by atoms with van der Waals surface area (Å²) in [6.07, 6.45) is 1.20. The molecule has 106 valence electrons. The maximum Gasteiger partial charge on any atom is 0.233 e. The lowest BCUT2D eigenvalue weighted by molar-refractivity contribution is 0.220. The average Bonchev–Trinajstić information content (AvgIpc) is 3.07. The fourth-order valence-electron chi connectivity index (χ4n) is 3.07. The second kappa shape index (κ2) is 5.37. The fourth-order valence-corrected chi connectivity index (χ4v) is 3.07. The van der Waals surface area contributed by atoms with Gasteiger partial charge in [-0.1, -0.05) is 24.3 Å². The zero-order valence-electron chi connectivity index (χ0n) is 12.3. The maximum atomic E-state index is 5.56. The molecule has 2 aromatic rings. The largest absolute Gasteiger partial charge is 0.424 e. The Kier molecular flexibility index (Phi) is 3.57. The number of aromatic nitrogens is 2. The second-order valence-corrected chi connectivity index (χ2v) is 5.67. The van der Waals surface area contributed by atoms with E-state index in [2.05, 4.69) is 53.2 Å². The van der Waals surface area contributed by atoms with Gasteiger partial charge < -0.3 is 4.42 Å². The minimum absolute atomic E-state index is 0.199. The third kappa shape index (κ3) is 2.48. The van der Waals surface area contributed by atoms with E-state index in [1.165, 1.54) is 17.5 Å². The summed E-state index contributed by atoms with van der Waals surface area (Å²) >= 11 is 0. The van der Waals surface area contributed by atoms with Crippen LogP contribution in [0.1, 0.15) is 48.2 Å². The molecule has 0 aliphatic carbocycles. The summed E-state index contributed by atoms with van der Waals surface area (Å²) in [4.78, 5) is 2.43. The molecule has 1 fully saturated rings. The monoisotopic (exact) mass is 271 g/mol. The summed E-state index contributed by atoms with van der Waals surface area (Å²) in [5.41, 5.74) is 2.87. The van der Waals surface area contributed by atoms with Crippen molar-refractivity contribution in [3.05, 3.63) is 47.2 Å². The summed E-state index contributed by atoms with van der Waals surface area (Å²) in [7, 11) is 0. The smallest absolute Gasteiger partial charge is 0.233 e. The van der Waals surface area contributed by atoms with Gasteiger partial charge in [-0.15, -0.1) is 10.2 Å². The van der Waals surface area contributed by atoms with E-state index < -0.39 is 0 Å². The number of hydrogen-bond donors (Lipinski definition) is 0. The number of benzene rings is 1. The van der Waals surface area contributed by atoms with Crippen LogP contribution >= 0.6 is 0 Å². The summed E-state index contributed by atoms with van der Waals surface area (Å²) in [5, 5.41) is 8.07. The molecule has 0 spiro atoms. The Bertz CT molecular complexity index is 593. The molecule has 0 saturated carbocycles. The zero-order valence-corrected chi connectivity index (χ0v) is 12.3. The lowest BCUT2D eigenvalue weighted by Gasteiger charge is -2.21. The van der Waals surface area contributed by atoms with Gasteiger partial charge in [-0.25, -0.2) is 0 Å². The van der Waals surface area contributed by atoms with Crippen LogP contribution in [0.4, 0.5) is 0 Å². The van der Waals surface area contributed by atoms with Crippen molar-refractivity contribution in [1.82, 2.24) is 15.1 Å². The Labute approximate surface area is 119 Å². The molecule has 20 heavy (non-hydrogen) atoms. The summed E-state index contributed by atoms with van der Waals surface area (Å²) < 4.78 is 5.56. The fraction of sp³-hybridized carbons (Fsp3) is 0.500. The van der Waals surface area contributed by atoms with Gasteiger partial charge >= 0.3 is 0 Å². The van der Waals surface area contributed by atoms with Crippen molar-refractivity contribution in [2.24, 2.45) is 0 Å². The highest BCUT2D eigenvalue weighted by Crippen LogP contribution is 2.33. The van der Waals surface area contributed by atoms with E-state index in [0.29, 0.717) is 11.8 Å². The van der Waals surface area contributed by atoms with Crippen LogP contribution in [0.25, 0.3) is 0 Å². The molecular weight excluding hydrogens is 250 g/mol. The van der Waals surface area contributed by atoms with Crippen LogP contribution in [0.15, 0.2) is 28.7 Å². The molecule has 2 atom stereocenters. The van der Waals surface area contributed by atoms with E-state index in [1.54, 1.807) is 0 Å². The predicted octanol–water partition coefficient (Wildman–Crippen LogP) is 3.24. The molecule has 1 saturated heterocycles. The Balaban J connectivity index is 1.72. The summed E-state index contributed by atoms with van der Waals surface area (Å²) in [6, 6.07) is 8.89. The van der Waals surface area contributed by atoms with Gasteiger partial charge in [0.15, 0.2) is 0 Å². The van der Waals surface area contributed by atoms with E-state index in [4.69, 9.17) is 4.42 Å². The average molecular weight is 271 g/mol. The summed E-state index contributed by atoms with van der Waals surface area (Å²) in [6.45, 7) is 8.33. The Morgan fingerprint density at radius 1 is 1.25 bits per heavy atom. The molecule has 0 radical (unpaired) electrons. The van der Waals surface area contributed by atoms with Gasteiger partial charge in [0.05, 0.1) is 6.04 Å². The summed E-state index contributed by atoms with van der Waals surface area (Å²) in [5.74, 6) is 1.98. The van der Waals surface area contributed by atoms with Gasteiger partial charge in [-0.2, -0.15) is 0 Å². The van der Waals surface area contributed by atoms with Crippen LogP contribution in [0.5, 0.6) is 0 Å². The van der Waals surface area contributed by atoms with Crippen LogP contribution in [0.2, 0.25) is 0 Å². The molecule has 1 aliphatic heterocycles. The Morgan fingerprint density at radius 2 is 2.05 bits per heavy atom. The molecule has 1 aromatic carbocycles. The van der Waals surface area contributed by atoms with Crippen LogP contribution in [0, 0.1) is 13.8 Å². The van der Waals surface area contributed by atoms with Gasteiger partial charge in [-0.3, -0.25) is 4.90 Å². The van der Waals surface area contributed by atoms with E-state index in [1.807, 2.05) is 6.92 Å². The van der Waals surface area contributed by atoms with Crippen molar-refractivity contribution in [3.8, 4) is 0 Å². The molecule has 0 amide bonds. The van der Waals surface area contributed by atoms with Gasteiger partial charge in [0.1, 0.15) is 0 Å². The first-order valence-corrected chi connectivity index (χ1v) is 7.24. The number of likely N-dealkylation sites (tertiary alicyclic amines) is 1. The molecule has 0 bridgehead atoms. The SMILES string of the molecule is Cc1nnc(C(C)N2CCC(c3ccccc3C)C2)o1. The van der Waals surface area contributed by atoms with Crippen molar-refractivity contribution < 1.29 is 4.42 Å². The third-order valence-corrected chi connectivity index (χ3v) is 4.29. The van der Waals surface area contributed by atoms with Crippen molar-refractivity contribution in [1.29, 1.82) is 0 Å². The minimum atomic E-state index is 0.199. The molecule has 2 unspecified atom stereocenters. The highest BCUT2D eigenvalue weighted by molar-refractivity contribution is 5.30. The highest BCUT2D eigenvalue weighted by atomic mass is 16.4. The van der Waals surface area contributed by atoms with Crippen LogP contribution in [0.3, 0.4) is 0 Å². The first-order valence-electron chi connectivity index (χ1n) is 7.24. The van der Waals surface area contributed by atoms with E-state index in [0.717, 1.165) is 19.0 Å². The third-order valence-electron chi connectivity index (χ3n) is 4.29. The predicted molar refractivity (Wildman–Crippen MR) is 77.6 cm³/mol. The molecule has 0 N–H and O–H groups in total. The topological polar surface area (TPSA) is 42.2 Å². The second-order valence-electron chi connectivity index (χ2n) is 5.67. The van der Waals surface area contributed by atoms with Crippen molar-refractivity contribution in [3.63, 3.8) is 0 Å². The molecule has 3 rings (SSSR count). The van der Waals surface area contributed by atoms with Gasteiger partial charge in [0, 0.05) is 13.5 Å². The molecule has 1 aromatic heterocycles. The van der Waals surface area contributed by atoms with Crippen molar-refractivity contribution in [2.75, 3.05) is 13.1 Å². The standard InChI is InChI=1S/C16H21N3O/c1-11-6-4-5-7-15(11)14-8-9-19(10-14)12(2)16-18-17-13(3)20-16/h4-7,12,14H,8-10H2,1-3H3. The minimum Gasteiger partial charge on any atom is -0.424 e. The van der Waals surface area contributed by atoms with E-state index in [-0.39, 0.29) is 6.04 Å². The van der Waals surface area contributed by atoms with Crippen molar-refractivity contribution >= 4 is 0 Å². The maximum absolute atomic E-state index is 5.56. The van der Waals surface area contributed by atoms with Crippen molar-refractivity contribution in [2.45, 2.75) is 39.2 Å². The highest BCUT2D eigenvalue weighted by Gasteiger charge is 2.30. The zero-order chi connectivity index (χ0) is 14.1. The molecule has 4 heteroatoms. The number of aryl methyl sites for hydroxylation is 2. The first-order chi connectivity index (χ1) is 9.65. The first kappa shape index (κ1) is 13.3. The molecular formula is C16H21N3O. The molecule has 4 nitrogen and oxygen atoms in total. The normalized spacial score (nSPS) is 21.2. The number of nitrogens with zero attached hydrogens (tertiary/aromatic N) is 3. The van der Waals surface area contributed by atoms with E-state index >= 15 is 0 Å². The number of rotatable bonds is 3. The Morgan fingerprint density at radius 3 is 2.75 bits per heavy atom. The van der Waals surface area contributed by atoms with Crippen LogP contribution in [-0.2, 0) is 0 Å². The van der Waals surface area contributed by atoms with E-state index in [9.17, 15) is 0 Å². The van der Waals surface area contributed by atoms with Gasteiger partial charge in [0.25, 0.3) is 0 Å². The lowest BCUT2D eigenvalue weighted by atomic mass is 9.94. The Hall–Kier alpha value is -1.68. The lowest BCUT2D eigenvalue weighted by Crippen LogP contribution is -2.24. The van der Waals surface area contributed by atoms with Gasteiger partial charge in [-0.05, 0) is 43.9 Å².